The van der Waals surface area contributed by atoms with Gasteiger partial charge in [0.25, 0.3) is 5.91 Å². The summed E-state index contributed by atoms with van der Waals surface area (Å²) in [5.74, 6) is 0.210. The quantitative estimate of drug-likeness (QED) is 0.480. The Morgan fingerprint density at radius 1 is 1.03 bits per heavy atom. The van der Waals surface area contributed by atoms with E-state index in [0.29, 0.717) is 35.7 Å². The fraction of sp³-hybridized carbons (Fsp3) is 0.231. The lowest BCUT2D eigenvalue weighted by molar-refractivity contribution is -0.122. The van der Waals surface area contributed by atoms with Gasteiger partial charge in [0.05, 0.1) is 18.5 Å². The van der Waals surface area contributed by atoms with Gasteiger partial charge in [-0.3, -0.25) is 9.59 Å². The molecule has 2 N–H and O–H groups in total. The summed E-state index contributed by atoms with van der Waals surface area (Å²) in [5.41, 5.74) is 3.96. The predicted molar refractivity (Wildman–Crippen MR) is 129 cm³/mol. The Bertz CT molecular complexity index is 1330. The molecule has 1 saturated heterocycles. The van der Waals surface area contributed by atoms with E-state index in [1.165, 1.54) is 0 Å². The van der Waals surface area contributed by atoms with Gasteiger partial charge in [-0.05, 0) is 49.6 Å². The molecule has 8 nitrogen and oxygen atoms in total. The first-order valence-corrected chi connectivity index (χ1v) is 11.3. The van der Waals surface area contributed by atoms with E-state index in [-0.39, 0.29) is 11.8 Å². The van der Waals surface area contributed by atoms with E-state index in [1.807, 2.05) is 60.7 Å². The first kappa shape index (κ1) is 21.6. The van der Waals surface area contributed by atoms with Gasteiger partial charge in [0, 0.05) is 23.7 Å². The minimum atomic E-state index is -0.577. The maximum atomic E-state index is 13.4. The van der Waals surface area contributed by atoms with Crippen molar-refractivity contribution in [3.05, 3.63) is 72.4 Å². The molecular weight excluding hydrogens is 430 g/mol. The number of amides is 2. The largest absolute Gasteiger partial charge is 0.497 e. The monoisotopic (exact) mass is 455 g/mol. The Hall–Kier alpha value is -4.20. The highest BCUT2D eigenvalue weighted by Crippen LogP contribution is 2.25. The van der Waals surface area contributed by atoms with Crippen LogP contribution in [0, 0.1) is 0 Å². The Balaban J connectivity index is 1.58. The van der Waals surface area contributed by atoms with Crippen molar-refractivity contribution in [3.8, 4) is 28.3 Å². The number of nitrogens with zero attached hydrogens (tertiary/aromatic N) is 3. The summed E-state index contributed by atoms with van der Waals surface area (Å²) in [6.45, 7) is 0.631. The zero-order chi connectivity index (χ0) is 23.5. The number of ether oxygens (including phenoxy) is 1. The maximum Gasteiger partial charge on any atom is 0.270 e. The van der Waals surface area contributed by atoms with Gasteiger partial charge in [-0.25, -0.2) is 9.50 Å². The molecule has 4 aromatic rings. The smallest absolute Gasteiger partial charge is 0.270 e. The topological polar surface area (TPSA) is 97.6 Å². The average Bonchev–Trinajstić information content (AvgIpc) is 3.21. The predicted octanol–water partition coefficient (Wildman–Crippen LogP) is 3.47. The molecule has 1 aliphatic heterocycles. The number of nitrogens with one attached hydrogen (secondary N) is 2. The summed E-state index contributed by atoms with van der Waals surface area (Å²) < 4.78 is 6.80. The molecule has 0 aliphatic carbocycles. The van der Waals surface area contributed by atoms with Crippen molar-refractivity contribution >= 4 is 17.5 Å². The number of carbonyl (C=O) groups is 2. The van der Waals surface area contributed by atoms with Crippen molar-refractivity contribution < 1.29 is 14.3 Å². The molecule has 0 spiro atoms. The fourth-order valence-corrected chi connectivity index (χ4v) is 4.11. The molecule has 3 heterocycles. The van der Waals surface area contributed by atoms with Gasteiger partial charge in [0.2, 0.25) is 5.91 Å². The molecule has 0 saturated carbocycles. The van der Waals surface area contributed by atoms with Crippen molar-refractivity contribution in [1.29, 1.82) is 0 Å². The van der Waals surface area contributed by atoms with Gasteiger partial charge in [-0.15, -0.1) is 0 Å². The first-order valence-electron chi connectivity index (χ1n) is 11.3. The minimum Gasteiger partial charge on any atom is -0.497 e. The second kappa shape index (κ2) is 9.35. The van der Waals surface area contributed by atoms with Crippen LogP contribution >= 0.6 is 0 Å². The molecule has 0 radical (unpaired) electrons. The molecule has 34 heavy (non-hydrogen) atoms. The molecule has 1 atom stereocenters. The van der Waals surface area contributed by atoms with Crippen LogP contribution in [-0.2, 0) is 4.79 Å². The lowest BCUT2D eigenvalue weighted by Gasteiger charge is -2.16. The van der Waals surface area contributed by atoms with Crippen LogP contribution in [0.3, 0.4) is 0 Å². The van der Waals surface area contributed by atoms with Crippen LogP contribution in [0.4, 0.5) is 0 Å². The number of rotatable bonds is 5. The average molecular weight is 456 g/mol. The Kier molecular flexibility index (Phi) is 5.95. The van der Waals surface area contributed by atoms with Gasteiger partial charge in [-0.2, -0.15) is 5.10 Å². The number of fused-ring (bicyclic) bond motifs is 1. The highest BCUT2D eigenvalue weighted by atomic mass is 16.5. The van der Waals surface area contributed by atoms with E-state index in [2.05, 4.69) is 15.7 Å². The van der Waals surface area contributed by atoms with E-state index >= 15 is 0 Å². The fourth-order valence-electron chi connectivity index (χ4n) is 4.11. The summed E-state index contributed by atoms with van der Waals surface area (Å²) in [6, 6.07) is 20.2. The Labute approximate surface area is 197 Å². The molecule has 1 aliphatic rings. The summed E-state index contributed by atoms with van der Waals surface area (Å²) >= 11 is 0. The zero-order valence-electron chi connectivity index (χ0n) is 18.8. The van der Waals surface area contributed by atoms with Crippen molar-refractivity contribution in [3.63, 3.8) is 0 Å². The van der Waals surface area contributed by atoms with Crippen molar-refractivity contribution in [2.75, 3.05) is 13.7 Å². The number of methoxy groups -OCH3 is 1. The number of benzene rings is 2. The molecule has 5 rings (SSSR count). The summed E-state index contributed by atoms with van der Waals surface area (Å²) in [7, 11) is 1.61. The van der Waals surface area contributed by atoms with Gasteiger partial charge in [-0.1, -0.05) is 30.3 Å². The third-order valence-corrected chi connectivity index (χ3v) is 5.96. The maximum absolute atomic E-state index is 13.4. The number of aromatic nitrogens is 3. The number of hydrogen-bond donors (Lipinski definition) is 2. The highest BCUT2D eigenvalue weighted by Gasteiger charge is 2.25. The Morgan fingerprint density at radius 2 is 1.79 bits per heavy atom. The molecule has 2 aromatic heterocycles. The van der Waals surface area contributed by atoms with E-state index in [4.69, 9.17) is 9.72 Å². The van der Waals surface area contributed by atoms with E-state index < -0.39 is 6.04 Å². The second-order valence-electron chi connectivity index (χ2n) is 8.23. The molecule has 1 unspecified atom stereocenters. The van der Waals surface area contributed by atoms with Crippen LogP contribution in [0.25, 0.3) is 28.2 Å². The zero-order valence-corrected chi connectivity index (χ0v) is 18.8. The standard InChI is InChI=1S/C26H25N5O3/c1-34-19-12-10-18(11-13-19)21-15-23(26(33)29-20-9-5-6-14-27-25(20)32)31-24(28-21)16-22(30-31)17-7-3-2-4-8-17/h2-4,7-8,10-13,15-16,20H,5-6,9,14H2,1H3,(H,27,32)(H,29,33). The molecule has 8 heteroatoms. The minimum absolute atomic E-state index is 0.156. The molecule has 1 fully saturated rings. The SMILES string of the molecule is COc1ccc(-c2cc(C(=O)NC3CCCCNC3=O)n3nc(-c4ccccc4)cc3n2)cc1. The molecular formula is C26H25N5O3. The van der Waals surface area contributed by atoms with Crippen molar-refractivity contribution in [1.82, 2.24) is 25.2 Å². The lowest BCUT2D eigenvalue weighted by Crippen LogP contribution is -2.45. The van der Waals surface area contributed by atoms with Crippen LogP contribution in [0.5, 0.6) is 5.75 Å². The van der Waals surface area contributed by atoms with Crippen molar-refractivity contribution in [2.24, 2.45) is 0 Å². The van der Waals surface area contributed by atoms with Crippen LogP contribution in [0.1, 0.15) is 29.8 Å². The van der Waals surface area contributed by atoms with Crippen LogP contribution < -0.4 is 15.4 Å². The normalized spacial score (nSPS) is 16.0. The second-order valence-corrected chi connectivity index (χ2v) is 8.23. The van der Waals surface area contributed by atoms with Crippen LogP contribution in [0.2, 0.25) is 0 Å². The van der Waals surface area contributed by atoms with E-state index in [9.17, 15) is 9.59 Å². The highest BCUT2D eigenvalue weighted by molar-refractivity contribution is 5.97. The van der Waals surface area contributed by atoms with Gasteiger partial charge in [0.1, 0.15) is 17.5 Å². The Morgan fingerprint density at radius 3 is 2.56 bits per heavy atom. The third-order valence-electron chi connectivity index (χ3n) is 5.96. The molecule has 2 amide bonds. The molecule has 172 valence electrons. The van der Waals surface area contributed by atoms with Gasteiger partial charge in [0.15, 0.2) is 5.65 Å². The molecule has 2 aromatic carbocycles. The van der Waals surface area contributed by atoms with Crippen LogP contribution in [0.15, 0.2) is 66.7 Å². The number of hydrogen-bond acceptors (Lipinski definition) is 5. The summed E-state index contributed by atoms with van der Waals surface area (Å²) in [4.78, 5) is 30.6. The number of carbonyl (C=O) groups excluding carboxylic acids is 2. The lowest BCUT2D eigenvalue weighted by atomic mass is 10.1. The van der Waals surface area contributed by atoms with Crippen LogP contribution in [-0.4, -0.2) is 46.1 Å². The summed E-state index contributed by atoms with van der Waals surface area (Å²) in [5, 5.41) is 10.4. The third kappa shape index (κ3) is 4.34. The molecule has 0 bridgehead atoms. The van der Waals surface area contributed by atoms with Gasteiger partial charge < -0.3 is 15.4 Å². The first-order chi connectivity index (χ1) is 16.6. The van der Waals surface area contributed by atoms with Crippen molar-refractivity contribution in [2.45, 2.75) is 25.3 Å². The van der Waals surface area contributed by atoms with E-state index in [0.717, 1.165) is 29.7 Å². The van der Waals surface area contributed by atoms with Gasteiger partial charge >= 0.3 is 0 Å². The van der Waals surface area contributed by atoms with E-state index in [1.54, 1.807) is 17.7 Å². The summed E-state index contributed by atoms with van der Waals surface area (Å²) in [6.07, 6.45) is 2.37.